The molecule has 0 saturated heterocycles. The van der Waals surface area contributed by atoms with E-state index < -0.39 is 6.16 Å². The molecular formula is C10H18O4. The predicted octanol–water partition coefficient (Wildman–Crippen LogP) is 1.97. The Morgan fingerprint density at radius 2 is 1.86 bits per heavy atom. The van der Waals surface area contributed by atoms with Crippen molar-refractivity contribution in [3.63, 3.8) is 0 Å². The first kappa shape index (κ1) is 11.3. The van der Waals surface area contributed by atoms with Crippen LogP contribution < -0.4 is 0 Å². The van der Waals surface area contributed by atoms with Crippen LogP contribution >= 0.6 is 0 Å². The molecule has 1 rings (SSSR count). The van der Waals surface area contributed by atoms with E-state index in [2.05, 4.69) is 4.74 Å². The van der Waals surface area contributed by atoms with Gasteiger partial charge in [0.25, 0.3) is 0 Å². The first-order valence-electron chi connectivity index (χ1n) is 4.99. The molecule has 0 atom stereocenters. The fourth-order valence-electron chi connectivity index (χ4n) is 1.78. The molecule has 0 unspecified atom stereocenters. The molecule has 4 heteroatoms. The van der Waals surface area contributed by atoms with E-state index in [9.17, 15) is 4.79 Å². The zero-order chi connectivity index (χ0) is 10.4. The first-order valence-corrected chi connectivity index (χ1v) is 4.99. The predicted molar refractivity (Wildman–Crippen MR) is 51.1 cm³/mol. The van der Waals surface area contributed by atoms with Crippen LogP contribution in [0.5, 0.6) is 0 Å². The molecule has 0 amide bonds. The Kier molecular flexibility index (Phi) is 4.73. The molecule has 0 aromatic heterocycles. The van der Waals surface area contributed by atoms with Gasteiger partial charge in [0.2, 0.25) is 0 Å². The highest BCUT2D eigenvalue weighted by molar-refractivity contribution is 5.59. The fourth-order valence-corrected chi connectivity index (χ4v) is 1.78. The van der Waals surface area contributed by atoms with Gasteiger partial charge in [0, 0.05) is 7.11 Å². The molecule has 0 N–H and O–H groups in total. The van der Waals surface area contributed by atoms with E-state index in [4.69, 9.17) is 9.47 Å². The molecule has 1 aliphatic carbocycles. The van der Waals surface area contributed by atoms with Crippen molar-refractivity contribution in [1.82, 2.24) is 0 Å². The average Bonchev–Trinajstić information content (AvgIpc) is 2.26. The lowest BCUT2D eigenvalue weighted by Crippen LogP contribution is -2.24. The second-order valence-corrected chi connectivity index (χ2v) is 3.64. The van der Waals surface area contributed by atoms with Crippen molar-refractivity contribution in [3.8, 4) is 0 Å². The van der Waals surface area contributed by atoms with Crippen LogP contribution in [0.1, 0.15) is 25.7 Å². The third-order valence-corrected chi connectivity index (χ3v) is 2.73. The lowest BCUT2D eigenvalue weighted by Gasteiger charge is -2.26. The zero-order valence-electron chi connectivity index (χ0n) is 8.82. The minimum absolute atomic E-state index is 0.393. The standard InChI is InChI=1S/C10H18O4/c1-12-9-5-3-8(4-6-9)7-14-10(11)13-2/h8-9H,3-7H2,1-2H3. The molecular weight excluding hydrogens is 184 g/mol. The molecule has 0 aliphatic heterocycles. The van der Waals surface area contributed by atoms with Gasteiger partial charge in [-0.1, -0.05) is 0 Å². The van der Waals surface area contributed by atoms with Crippen LogP contribution in [0.25, 0.3) is 0 Å². The van der Waals surface area contributed by atoms with E-state index >= 15 is 0 Å². The van der Waals surface area contributed by atoms with Crippen LogP contribution in [-0.2, 0) is 14.2 Å². The van der Waals surface area contributed by atoms with E-state index in [1.165, 1.54) is 7.11 Å². The Hall–Kier alpha value is -0.770. The molecule has 0 aromatic rings. The second-order valence-electron chi connectivity index (χ2n) is 3.64. The minimum atomic E-state index is -0.584. The Morgan fingerprint density at radius 1 is 1.21 bits per heavy atom. The zero-order valence-corrected chi connectivity index (χ0v) is 8.82. The van der Waals surface area contributed by atoms with Gasteiger partial charge in [0.1, 0.15) is 0 Å². The van der Waals surface area contributed by atoms with Gasteiger partial charge in [-0.25, -0.2) is 4.79 Å². The van der Waals surface area contributed by atoms with Crippen molar-refractivity contribution in [2.75, 3.05) is 20.8 Å². The summed E-state index contributed by atoms with van der Waals surface area (Å²) in [5, 5.41) is 0. The maximum Gasteiger partial charge on any atom is 0.507 e. The molecule has 1 saturated carbocycles. The normalized spacial score (nSPS) is 27.0. The van der Waals surface area contributed by atoms with Crippen LogP contribution in [-0.4, -0.2) is 33.1 Å². The van der Waals surface area contributed by atoms with E-state index in [0.29, 0.717) is 18.6 Å². The van der Waals surface area contributed by atoms with Crippen molar-refractivity contribution in [1.29, 1.82) is 0 Å². The molecule has 14 heavy (non-hydrogen) atoms. The highest BCUT2D eigenvalue weighted by Gasteiger charge is 2.21. The van der Waals surface area contributed by atoms with E-state index in [1.54, 1.807) is 7.11 Å². The molecule has 0 radical (unpaired) electrons. The van der Waals surface area contributed by atoms with Crippen LogP contribution in [0.15, 0.2) is 0 Å². The molecule has 0 heterocycles. The molecule has 0 aromatic carbocycles. The number of ether oxygens (including phenoxy) is 3. The lowest BCUT2D eigenvalue weighted by atomic mass is 9.88. The summed E-state index contributed by atoms with van der Waals surface area (Å²) in [7, 11) is 3.07. The largest absolute Gasteiger partial charge is 0.507 e. The van der Waals surface area contributed by atoms with Crippen molar-refractivity contribution in [2.24, 2.45) is 5.92 Å². The van der Waals surface area contributed by atoms with Crippen molar-refractivity contribution >= 4 is 6.16 Å². The van der Waals surface area contributed by atoms with Gasteiger partial charge in [-0.05, 0) is 31.6 Å². The van der Waals surface area contributed by atoms with Gasteiger partial charge in [-0.15, -0.1) is 0 Å². The summed E-state index contributed by atoms with van der Waals surface area (Å²) in [6.07, 6.45) is 4.06. The van der Waals surface area contributed by atoms with Gasteiger partial charge in [0.05, 0.1) is 19.8 Å². The highest BCUT2D eigenvalue weighted by atomic mass is 16.7. The lowest BCUT2D eigenvalue weighted by molar-refractivity contribution is 0.0259. The van der Waals surface area contributed by atoms with Crippen molar-refractivity contribution < 1.29 is 19.0 Å². The van der Waals surface area contributed by atoms with Gasteiger partial charge < -0.3 is 14.2 Å². The fraction of sp³-hybridized carbons (Fsp3) is 0.900. The Balaban J connectivity index is 2.13. The van der Waals surface area contributed by atoms with Crippen LogP contribution in [0.4, 0.5) is 4.79 Å². The first-order chi connectivity index (χ1) is 6.76. The van der Waals surface area contributed by atoms with Crippen LogP contribution in [0.2, 0.25) is 0 Å². The number of hydrogen-bond acceptors (Lipinski definition) is 4. The topological polar surface area (TPSA) is 44.8 Å². The minimum Gasteiger partial charge on any atom is -0.438 e. The summed E-state index contributed by atoms with van der Waals surface area (Å²) in [6, 6.07) is 0. The molecule has 0 bridgehead atoms. The number of carbonyl (C=O) groups is 1. The Labute approximate surface area is 84.5 Å². The Bertz CT molecular complexity index is 173. The average molecular weight is 202 g/mol. The van der Waals surface area contributed by atoms with Gasteiger partial charge >= 0.3 is 6.16 Å². The number of methoxy groups -OCH3 is 2. The molecule has 4 nitrogen and oxygen atoms in total. The third kappa shape index (κ3) is 3.54. The van der Waals surface area contributed by atoms with E-state index in [1.807, 2.05) is 0 Å². The highest BCUT2D eigenvalue weighted by Crippen LogP contribution is 2.25. The summed E-state index contributed by atoms with van der Waals surface area (Å²) < 4.78 is 14.5. The van der Waals surface area contributed by atoms with Gasteiger partial charge in [-0.3, -0.25) is 0 Å². The summed E-state index contributed by atoms with van der Waals surface area (Å²) in [5.41, 5.74) is 0. The number of carbonyl (C=O) groups excluding carboxylic acids is 1. The van der Waals surface area contributed by atoms with Crippen LogP contribution in [0.3, 0.4) is 0 Å². The number of hydrogen-bond donors (Lipinski definition) is 0. The second kappa shape index (κ2) is 5.86. The van der Waals surface area contributed by atoms with Crippen molar-refractivity contribution in [2.45, 2.75) is 31.8 Å². The third-order valence-electron chi connectivity index (χ3n) is 2.73. The van der Waals surface area contributed by atoms with Gasteiger partial charge in [-0.2, -0.15) is 0 Å². The monoisotopic (exact) mass is 202 g/mol. The molecule has 1 fully saturated rings. The SMILES string of the molecule is COC(=O)OCC1CCC(OC)CC1. The quantitative estimate of drug-likeness (QED) is 0.656. The van der Waals surface area contributed by atoms with E-state index in [-0.39, 0.29) is 0 Å². The maximum absolute atomic E-state index is 10.7. The summed E-state index contributed by atoms with van der Waals surface area (Å²) in [5.74, 6) is 0.473. The molecule has 82 valence electrons. The van der Waals surface area contributed by atoms with Gasteiger partial charge in [0.15, 0.2) is 0 Å². The van der Waals surface area contributed by atoms with E-state index in [0.717, 1.165) is 25.7 Å². The number of rotatable bonds is 3. The maximum atomic E-state index is 10.7. The van der Waals surface area contributed by atoms with Crippen molar-refractivity contribution in [3.05, 3.63) is 0 Å². The Morgan fingerprint density at radius 3 is 2.36 bits per heavy atom. The van der Waals surface area contributed by atoms with Crippen LogP contribution in [0, 0.1) is 5.92 Å². The summed E-state index contributed by atoms with van der Waals surface area (Å²) >= 11 is 0. The summed E-state index contributed by atoms with van der Waals surface area (Å²) in [6.45, 7) is 0.475. The summed E-state index contributed by atoms with van der Waals surface area (Å²) in [4.78, 5) is 10.7. The molecule has 0 spiro atoms. The smallest absolute Gasteiger partial charge is 0.438 e. The molecule has 1 aliphatic rings.